The summed E-state index contributed by atoms with van der Waals surface area (Å²) < 4.78 is 1.64. The summed E-state index contributed by atoms with van der Waals surface area (Å²) >= 11 is 6.21. The molecule has 1 heterocycles. The van der Waals surface area contributed by atoms with Crippen LogP contribution in [0, 0.1) is 22.7 Å². The summed E-state index contributed by atoms with van der Waals surface area (Å²) in [5.74, 6) is 0.213. The molecule has 0 spiro atoms. The highest BCUT2D eigenvalue weighted by Crippen LogP contribution is 2.29. The zero-order valence-electron chi connectivity index (χ0n) is 10.7. The van der Waals surface area contributed by atoms with Gasteiger partial charge in [-0.1, -0.05) is 17.7 Å². The number of nitrogens with zero attached hydrogens (tertiary/aromatic N) is 4. The van der Waals surface area contributed by atoms with Crippen molar-refractivity contribution in [1.29, 1.82) is 10.5 Å². The Morgan fingerprint density at radius 1 is 1.14 bits per heavy atom. The van der Waals surface area contributed by atoms with Crippen LogP contribution in [0.1, 0.15) is 11.1 Å². The first-order valence-electron chi connectivity index (χ1n) is 6.02. The predicted octanol–water partition coefficient (Wildman–Crippen LogP) is 3.00. The summed E-state index contributed by atoms with van der Waals surface area (Å²) in [4.78, 5) is 4.23. The van der Waals surface area contributed by atoms with E-state index >= 15 is 0 Å². The van der Waals surface area contributed by atoms with Crippen LogP contribution < -0.4 is 5.73 Å². The van der Waals surface area contributed by atoms with Crippen molar-refractivity contribution in [2.75, 3.05) is 5.73 Å². The second kappa shape index (κ2) is 4.82. The van der Waals surface area contributed by atoms with E-state index in [1.807, 2.05) is 0 Å². The average molecular weight is 294 g/mol. The third kappa shape index (κ3) is 1.97. The fourth-order valence-electron chi connectivity index (χ4n) is 2.21. The number of nitriles is 2. The summed E-state index contributed by atoms with van der Waals surface area (Å²) in [5, 5.41) is 18.6. The average Bonchev–Trinajstić information content (AvgIpc) is 2.83. The monoisotopic (exact) mass is 293 g/mol. The normalized spacial score (nSPS) is 10.2. The fourth-order valence-corrected chi connectivity index (χ4v) is 2.42. The molecule has 6 heteroatoms. The molecule has 5 nitrogen and oxygen atoms in total. The smallest absolute Gasteiger partial charge is 0.206 e. The highest BCUT2D eigenvalue weighted by atomic mass is 35.5. The number of para-hydroxylation sites is 1. The van der Waals surface area contributed by atoms with Gasteiger partial charge >= 0.3 is 0 Å². The van der Waals surface area contributed by atoms with Crippen LogP contribution in [-0.4, -0.2) is 9.55 Å². The van der Waals surface area contributed by atoms with Crippen LogP contribution in [-0.2, 0) is 0 Å². The molecule has 21 heavy (non-hydrogen) atoms. The Morgan fingerprint density at radius 3 is 2.67 bits per heavy atom. The van der Waals surface area contributed by atoms with E-state index < -0.39 is 0 Å². The lowest BCUT2D eigenvalue weighted by Gasteiger charge is -2.09. The Bertz CT molecular complexity index is 943. The van der Waals surface area contributed by atoms with Crippen molar-refractivity contribution in [3.63, 3.8) is 0 Å². The van der Waals surface area contributed by atoms with Gasteiger partial charge in [-0.05, 0) is 30.3 Å². The van der Waals surface area contributed by atoms with E-state index in [0.717, 1.165) is 0 Å². The SMILES string of the molecule is N#Cc1ccc(Cl)c(-n2c(N)nc3c(C#N)cccc32)c1. The van der Waals surface area contributed by atoms with E-state index in [0.29, 0.717) is 32.9 Å². The van der Waals surface area contributed by atoms with Gasteiger partial charge in [-0.15, -0.1) is 0 Å². The first kappa shape index (κ1) is 13.0. The third-order valence-electron chi connectivity index (χ3n) is 3.15. The summed E-state index contributed by atoms with van der Waals surface area (Å²) in [6.45, 7) is 0. The topological polar surface area (TPSA) is 91.4 Å². The molecule has 0 radical (unpaired) electrons. The number of fused-ring (bicyclic) bond motifs is 1. The maximum Gasteiger partial charge on any atom is 0.206 e. The molecule has 100 valence electrons. The van der Waals surface area contributed by atoms with Crippen molar-refractivity contribution in [1.82, 2.24) is 9.55 Å². The molecular weight excluding hydrogens is 286 g/mol. The van der Waals surface area contributed by atoms with Gasteiger partial charge in [-0.2, -0.15) is 10.5 Å². The number of benzene rings is 2. The highest BCUT2D eigenvalue weighted by molar-refractivity contribution is 6.32. The number of rotatable bonds is 1. The van der Waals surface area contributed by atoms with Gasteiger partial charge in [0.1, 0.15) is 11.6 Å². The molecule has 0 saturated heterocycles. The molecule has 2 N–H and O–H groups in total. The number of nitrogen functional groups attached to an aromatic ring is 1. The van der Waals surface area contributed by atoms with Gasteiger partial charge in [0.05, 0.1) is 33.4 Å². The number of nitrogens with two attached hydrogens (primary N) is 1. The molecule has 0 aliphatic rings. The Hall–Kier alpha value is -3.02. The minimum Gasteiger partial charge on any atom is -0.369 e. The maximum absolute atomic E-state index is 9.13. The standard InChI is InChI=1S/C15H8ClN5/c16-11-5-4-9(7-17)6-13(11)21-12-3-1-2-10(8-18)14(12)20-15(21)19/h1-6H,(H2,19,20). The summed E-state index contributed by atoms with van der Waals surface area (Å²) in [5.41, 5.74) is 8.61. The minimum absolute atomic E-state index is 0.213. The Balaban J connectivity index is 2.39. The van der Waals surface area contributed by atoms with Gasteiger partial charge in [0, 0.05) is 0 Å². The summed E-state index contributed by atoms with van der Waals surface area (Å²) in [7, 11) is 0. The van der Waals surface area contributed by atoms with Gasteiger partial charge < -0.3 is 5.73 Å². The molecule has 0 fully saturated rings. The second-order valence-corrected chi connectivity index (χ2v) is 4.78. The lowest BCUT2D eigenvalue weighted by molar-refractivity contribution is 1.11. The first-order chi connectivity index (χ1) is 10.2. The highest BCUT2D eigenvalue weighted by Gasteiger charge is 2.15. The predicted molar refractivity (Wildman–Crippen MR) is 79.9 cm³/mol. The van der Waals surface area contributed by atoms with E-state index in [-0.39, 0.29) is 5.95 Å². The molecule has 1 aromatic heterocycles. The number of aromatic nitrogens is 2. The van der Waals surface area contributed by atoms with Crippen LogP contribution in [0.2, 0.25) is 5.02 Å². The van der Waals surface area contributed by atoms with E-state index in [4.69, 9.17) is 27.9 Å². The van der Waals surface area contributed by atoms with E-state index in [1.54, 1.807) is 41.0 Å². The quantitative estimate of drug-likeness (QED) is 0.746. The summed E-state index contributed by atoms with van der Waals surface area (Å²) in [6, 6.07) is 14.3. The molecule has 0 aliphatic heterocycles. The number of imidazole rings is 1. The van der Waals surface area contributed by atoms with Gasteiger partial charge in [0.2, 0.25) is 5.95 Å². The third-order valence-corrected chi connectivity index (χ3v) is 3.47. The van der Waals surface area contributed by atoms with E-state index in [9.17, 15) is 0 Å². The molecule has 0 bridgehead atoms. The number of halogens is 1. The maximum atomic E-state index is 9.13. The lowest BCUT2D eigenvalue weighted by atomic mass is 10.2. The molecule has 0 saturated carbocycles. The van der Waals surface area contributed by atoms with E-state index in [1.165, 1.54) is 0 Å². The van der Waals surface area contributed by atoms with E-state index in [2.05, 4.69) is 17.1 Å². The Morgan fingerprint density at radius 2 is 1.95 bits per heavy atom. The van der Waals surface area contributed by atoms with Crippen LogP contribution >= 0.6 is 11.6 Å². The van der Waals surface area contributed by atoms with Crippen LogP contribution in [0.25, 0.3) is 16.7 Å². The van der Waals surface area contributed by atoms with Crippen LogP contribution in [0.15, 0.2) is 36.4 Å². The molecule has 0 unspecified atom stereocenters. The van der Waals surface area contributed by atoms with Crippen LogP contribution in [0.3, 0.4) is 0 Å². The summed E-state index contributed by atoms with van der Waals surface area (Å²) in [6.07, 6.45) is 0. The van der Waals surface area contributed by atoms with Gasteiger partial charge in [0.15, 0.2) is 0 Å². The van der Waals surface area contributed by atoms with Crippen molar-refractivity contribution in [3.8, 4) is 17.8 Å². The number of anilines is 1. The van der Waals surface area contributed by atoms with Crippen LogP contribution in [0.4, 0.5) is 5.95 Å². The zero-order valence-corrected chi connectivity index (χ0v) is 11.5. The molecule has 2 aromatic carbocycles. The minimum atomic E-state index is 0.213. The van der Waals surface area contributed by atoms with Gasteiger partial charge in [0.25, 0.3) is 0 Å². The molecular formula is C15H8ClN5. The van der Waals surface area contributed by atoms with Crippen molar-refractivity contribution < 1.29 is 0 Å². The fraction of sp³-hybridized carbons (Fsp3) is 0. The van der Waals surface area contributed by atoms with Gasteiger partial charge in [-0.3, -0.25) is 4.57 Å². The van der Waals surface area contributed by atoms with Crippen molar-refractivity contribution in [2.45, 2.75) is 0 Å². The molecule has 0 aliphatic carbocycles. The second-order valence-electron chi connectivity index (χ2n) is 4.37. The van der Waals surface area contributed by atoms with Crippen molar-refractivity contribution in [2.24, 2.45) is 0 Å². The van der Waals surface area contributed by atoms with Crippen LogP contribution in [0.5, 0.6) is 0 Å². The lowest BCUT2D eigenvalue weighted by Crippen LogP contribution is -2.01. The van der Waals surface area contributed by atoms with Crippen molar-refractivity contribution >= 4 is 28.6 Å². The molecule has 3 rings (SSSR count). The Kier molecular flexibility index (Phi) is 2.98. The van der Waals surface area contributed by atoms with Crippen molar-refractivity contribution in [3.05, 3.63) is 52.5 Å². The first-order valence-corrected chi connectivity index (χ1v) is 6.40. The number of hydrogen-bond acceptors (Lipinski definition) is 4. The molecule has 0 amide bonds. The van der Waals surface area contributed by atoms with Gasteiger partial charge in [-0.25, -0.2) is 4.98 Å². The molecule has 0 atom stereocenters. The largest absolute Gasteiger partial charge is 0.369 e. The zero-order chi connectivity index (χ0) is 15.0. The Labute approximate surface area is 125 Å². The number of hydrogen-bond donors (Lipinski definition) is 1. The molecule has 3 aromatic rings.